The minimum Gasteiger partial charge on any atom is -0.376 e. The first-order chi connectivity index (χ1) is 13.2. The molecule has 1 aromatic carbocycles. The molecule has 5 nitrogen and oxygen atoms in total. The normalized spacial score (nSPS) is 18.7. The van der Waals surface area contributed by atoms with Gasteiger partial charge in [0.15, 0.2) is 0 Å². The van der Waals surface area contributed by atoms with Crippen molar-refractivity contribution in [2.75, 3.05) is 18.5 Å². The number of thiophene rings is 1. The summed E-state index contributed by atoms with van der Waals surface area (Å²) in [5, 5.41) is 6.67. The predicted molar refractivity (Wildman–Crippen MR) is 107 cm³/mol. The van der Waals surface area contributed by atoms with Gasteiger partial charge in [-0.25, -0.2) is 0 Å². The minimum absolute atomic E-state index is 0.103. The molecule has 2 amide bonds. The van der Waals surface area contributed by atoms with Crippen molar-refractivity contribution in [2.24, 2.45) is 0 Å². The molecule has 2 aromatic rings. The SMILES string of the molecule is O=C(Nc1sc2c(c1C(=O)NC[C@@H]1CCCO1)CCCC2)c1ccccc1. The quantitative estimate of drug-likeness (QED) is 0.824. The monoisotopic (exact) mass is 384 g/mol. The number of hydrogen-bond acceptors (Lipinski definition) is 4. The third-order valence-electron chi connectivity index (χ3n) is 5.18. The number of carbonyl (C=O) groups excluding carboxylic acids is 2. The van der Waals surface area contributed by atoms with E-state index in [1.165, 1.54) is 4.88 Å². The standard InChI is InChI=1S/C21H24N2O3S/c24-19(14-7-2-1-3-8-14)23-21-18(16-10-4-5-11-17(16)27-21)20(25)22-13-15-9-6-12-26-15/h1-3,7-8,15H,4-6,9-13H2,(H,22,25)(H,23,24)/t15-/m0/s1. The summed E-state index contributed by atoms with van der Waals surface area (Å²) in [6, 6.07) is 9.11. The second-order valence-electron chi connectivity index (χ2n) is 7.08. The number of nitrogens with one attached hydrogen (secondary N) is 2. The van der Waals surface area contributed by atoms with Crippen molar-refractivity contribution in [3.8, 4) is 0 Å². The van der Waals surface area contributed by atoms with E-state index in [1.807, 2.05) is 18.2 Å². The summed E-state index contributed by atoms with van der Waals surface area (Å²) >= 11 is 1.55. The largest absolute Gasteiger partial charge is 0.376 e. The third-order valence-corrected chi connectivity index (χ3v) is 6.38. The van der Waals surface area contributed by atoms with Crippen molar-refractivity contribution in [3.63, 3.8) is 0 Å². The Morgan fingerprint density at radius 3 is 2.67 bits per heavy atom. The fourth-order valence-electron chi connectivity index (χ4n) is 3.76. The van der Waals surface area contributed by atoms with Gasteiger partial charge in [-0.1, -0.05) is 18.2 Å². The van der Waals surface area contributed by atoms with Gasteiger partial charge in [-0.15, -0.1) is 11.3 Å². The van der Waals surface area contributed by atoms with Gasteiger partial charge in [0, 0.05) is 23.6 Å². The molecule has 27 heavy (non-hydrogen) atoms. The zero-order valence-electron chi connectivity index (χ0n) is 15.3. The molecule has 6 heteroatoms. The lowest BCUT2D eigenvalue weighted by atomic mass is 9.95. The zero-order chi connectivity index (χ0) is 18.6. The van der Waals surface area contributed by atoms with E-state index in [1.54, 1.807) is 23.5 Å². The number of aryl methyl sites for hydroxylation is 1. The molecule has 1 fully saturated rings. The molecule has 142 valence electrons. The fraction of sp³-hybridized carbons (Fsp3) is 0.429. The predicted octanol–water partition coefficient (Wildman–Crippen LogP) is 3.79. The number of rotatable bonds is 5. The smallest absolute Gasteiger partial charge is 0.256 e. The van der Waals surface area contributed by atoms with E-state index in [2.05, 4.69) is 10.6 Å². The summed E-state index contributed by atoms with van der Waals surface area (Å²) in [5.74, 6) is -0.282. The van der Waals surface area contributed by atoms with Crippen LogP contribution in [0, 0.1) is 0 Å². The molecule has 1 atom stereocenters. The zero-order valence-corrected chi connectivity index (χ0v) is 16.1. The highest BCUT2D eigenvalue weighted by molar-refractivity contribution is 7.17. The highest BCUT2D eigenvalue weighted by atomic mass is 32.1. The lowest BCUT2D eigenvalue weighted by molar-refractivity contribution is 0.0858. The van der Waals surface area contributed by atoms with Crippen LogP contribution in [0.1, 0.15) is 56.8 Å². The molecule has 0 saturated carbocycles. The van der Waals surface area contributed by atoms with E-state index in [0.29, 0.717) is 22.7 Å². The molecule has 1 aliphatic heterocycles. The number of benzene rings is 1. The van der Waals surface area contributed by atoms with Gasteiger partial charge in [-0.3, -0.25) is 9.59 Å². The Hall–Kier alpha value is -2.18. The van der Waals surface area contributed by atoms with E-state index in [4.69, 9.17) is 4.74 Å². The Labute approximate surface area is 163 Å². The van der Waals surface area contributed by atoms with Crippen molar-refractivity contribution in [3.05, 3.63) is 51.9 Å². The van der Waals surface area contributed by atoms with Gasteiger partial charge in [0.05, 0.1) is 11.7 Å². The van der Waals surface area contributed by atoms with E-state index < -0.39 is 0 Å². The van der Waals surface area contributed by atoms with Gasteiger partial charge >= 0.3 is 0 Å². The molecule has 0 spiro atoms. The number of carbonyl (C=O) groups is 2. The van der Waals surface area contributed by atoms with E-state index in [-0.39, 0.29) is 17.9 Å². The van der Waals surface area contributed by atoms with Crippen LogP contribution < -0.4 is 10.6 Å². The van der Waals surface area contributed by atoms with Crippen molar-refractivity contribution < 1.29 is 14.3 Å². The Kier molecular flexibility index (Phi) is 5.55. The fourth-order valence-corrected chi connectivity index (χ4v) is 5.04. The lowest BCUT2D eigenvalue weighted by Gasteiger charge is -2.15. The molecule has 1 saturated heterocycles. The summed E-state index contributed by atoms with van der Waals surface area (Å²) < 4.78 is 5.60. The maximum Gasteiger partial charge on any atom is 0.256 e. The second kappa shape index (κ2) is 8.23. The van der Waals surface area contributed by atoms with E-state index in [0.717, 1.165) is 50.7 Å². The molecule has 2 N–H and O–H groups in total. The minimum atomic E-state index is -0.178. The highest BCUT2D eigenvalue weighted by Crippen LogP contribution is 2.38. The van der Waals surface area contributed by atoms with Crippen LogP contribution in [0.25, 0.3) is 0 Å². The first-order valence-corrected chi connectivity index (χ1v) is 10.4. The van der Waals surface area contributed by atoms with Crippen LogP contribution in [-0.2, 0) is 17.6 Å². The summed E-state index contributed by atoms with van der Waals surface area (Å²) in [6.07, 6.45) is 6.24. The van der Waals surface area contributed by atoms with Gasteiger partial charge < -0.3 is 15.4 Å². The molecule has 1 aliphatic carbocycles. The average molecular weight is 385 g/mol. The Morgan fingerprint density at radius 1 is 1.07 bits per heavy atom. The van der Waals surface area contributed by atoms with Crippen LogP contribution in [0.4, 0.5) is 5.00 Å². The maximum absolute atomic E-state index is 13.0. The number of fused-ring (bicyclic) bond motifs is 1. The second-order valence-corrected chi connectivity index (χ2v) is 8.19. The maximum atomic E-state index is 13.0. The van der Waals surface area contributed by atoms with Crippen LogP contribution >= 0.6 is 11.3 Å². The Morgan fingerprint density at radius 2 is 1.89 bits per heavy atom. The van der Waals surface area contributed by atoms with Crippen molar-refractivity contribution in [1.29, 1.82) is 0 Å². The summed E-state index contributed by atoms with van der Waals surface area (Å²) in [7, 11) is 0. The van der Waals surface area contributed by atoms with Gasteiger partial charge in [-0.2, -0.15) is 0 Å². The lowest BCUT2D eigenvalue weighted by Crippen LogP contribution is -2.32. The van der Waals surface area contributed by atoms with Crippen LogP contribution in [0.3, 0.4) is 0 Å². The van der Waals surface area contributed by atoms with Gasteiger partial charge in [0.25, 0.3) is 11.8 Å². The molecule has 4 rings (SSSR count). The van der Waals surface area contributed by atoms with Gasteiger partial charge in [-0.05, 0) is 56.2 Å². The number of amides is 2. The number of anilines is 1. The highest BCUT2D eigenvalue weighted by Gasteiger charge is 2.27. The van der Waals surface area contributed by atoms with Crippen LogP contribution in [0.2, 0.25) is 0 Å². The van der Waals surface area contributed by atoms with E-state index in [9.17, 15) is 9.59 Å². The number of hydrogen-bond donors (Lipinski definition) is 2. The molecule has 0 unspecified atom stereocenters. The molecule has 1 aromatic heterocycles. The van der Waals surface area contributed by atoms with Gasteiger partial charge in [0.1, 0.15) is 5.00 Å². The summed E-state index contributed by atoms with van der Waals surface area (Å²) in [6.45, 7) is 1.29. The first-order valence-electron chi connectivity index (χ1n) is 9.63. The van der Waals surface area contributed by atoms with Crippen LogP contribution in [-0.4, -0.2) is 31.1 Å². The molecule has 0 bridgehead atoms. The van der Waals surface area contributed by atoms with Crippen molar-refractivity contribution >= 4 is 28.2 Å². The first kappa shape index (κ1) is 18.2. The Balaban J connectivity index is 1.56. The summed E-state index contributed by atoms with van der Waals surface area (Å²) in [4.78, 5) is 26.8. The summed E-state index contributed by atoms with van der Waals surface area (Å²) in [5.41, 5.74) is 2.35. The van der Waals surface area contributed by atoms with Crippen LogP contribution in [0.15, 0.2) is 30.3 Å². The molecular formula is C21H24N2O3S. The number of ether oxygens (including phenoxy) is 1. The van der Waals surface area contributed by atoms with E-state index >= 15 is 0 Å². The molecular weight excluding hydrogens is 360 g/mol. The van der Waals surface area contributed by atoms with Crippen LogP contribution in [0.5, 0.6) is 0 Å². The Bertz CT molecular complexity index is 825. The average Bonchev–Trinajstić information content (AvgIpc) is 3.34. The van der Waals surface area contributed by atoms with Gasteiger partial charge in [0.2, 0.25) is 0 Å². The molecule has 0 radical (unpaired) electrons. The topological polar surface area (TPSA) is 67.4 Å². The third kappa shape index (κ3) is 4.06. The molecule has 2 heterocycles. The van der Waals surface area contributed by atoms with Crippen molar-refractivity contribution in [1.82, 2.24) is 5.32 Å². The molecule has 2 aliphatic rings. The van der Waals surface area contributed by atoms with Crippen molar-refractivity contribution in [2.45, 2.75) is 44.6 Å².